The fourth-order valence-corrected chi connectivity index (χ4v) is 3.16. The molecule has 1 aromatic rings. The average Bonchev–Trinajstić information content (AvgIpc) is 2.65. The molecule has 0 saturated carbocycles. The monoisotopic (exact) mass is 387 g/mol. The van der Waals surface area contributed by atoms with Gasteiger partial charge in [-0.25, -0.2) is 4.99 Å². The molecule has 1 aliphatic rings. The summed E-state index contributed by atoms with van der Waals surface area (Å²) in [4.78, 5) is 32.3. The zero-order valence-electron chi connectivity index (χ0n) is 17.5. The molecule has 28 heavy (non-hydrogen) atoms. The summed E-state index contributed by atoms with van der Waals surface area (Å²) in [7, 11) is 0. The van der Waals surface area contributed by atoms with Gasteiger partial charge in [-0.3, -0.25) is 9.59 Å². The topological polar surface area (TPSA) is 77.0 Å². The Kier molecular flexibility index (Phi) is 8.29. The lowest BCUT2D eigenvalue weighted by Gasteiger charge is -2.36. The van der Waals surface area contributed by atoms with Crippen LogP contribution in [0.5, 0.6) is 0 Å². The zero-order chi connectivity index (χ0) is 20.5. The summed E-state index contributed by atoms with van der Waals surface area (Å²) in [6.45, 7) is 12.0. The number of guanidine groups is 1. The summed E-state index contributed by atoms with van der Waals surface area (Å²) in [5.74, 6) is 1.35. The third kappa shape index (κ3) is 6.87. The molecule has 1 aliphatic heterocycles. The van der Waals surface area contributed by atoms with Gasteiger partial charge in [-0.2, -0.15) is 0 Å². The minimum atomic E-state index is 0.0346. The molecule has 0 aliphatic carbocycles. The van der Waals surface area contributed by atoms with Gasteiger partial charge in [-0.15, -0.1) is 0 Å². The molecule has 0 radical (unpaired) electrons. The Balaban J connectivity index is 2.00. The molecule has 1 aromatic carbocycles. The summed E-state index contributed by atoms with van der Waals surface area (Å²) >= 11 is 0. The second-order valence-corrected chi connectivity index (χ2v) is 7.51. The standard InChI is InChI=1S/C21H33N5O2/c1-5-22-21(26-11-9-25(10-12-26)17(4)27)23-15-18-7-6-8-19(14-18)24-20(28)13-16(2)3/h6-8,14,16H,5,9-13,15H2,1-4H3,(H,22,23)(H,24,28). The number of nitrogens with zero attached hydrogens (tertiary/aromatic N) is 3. The number of nitrogens with one attached hydrogen (secondary N) is 2. The number of piperazine rings is 1. The van der Waals surface area contributed by atoms with Crippen LogP contribution in [0.1, 0.15) is 39.7 Å². The molecular formula is C21H33N5O2. The van der Waals surface area contributed by atoms with Crippen LogP contribution in [0.25, 0.3) is 0 Å². The zero-order valence-corrected chi connectivity index (χ0v) is 17.5. The van der Waals surface area contributed by atoms with Crippen LogP contribution in [-0.2, 0) is 16.1 Å². The molecule has 0 aromatic heterocycles. The van der Waals surface area contributed by atoms with Crippen LogP contribution in [0.2, 0.25) is 0 Å². The first-order chi connectivity index (χ1) is 13.4. The van der Waals surface area contributed by atoms with Crippen molar-refractivity contribution < 1.29 is 9.59 Å². The molecule has 7 nitrogen and oxygen atoms in total. The van der Waals surface area contributed by atoms with Gasteiger partial charge in [0.2, 0.25) is 11.8 Å². The number of carbonyl (C=O) groups is 2. The summed E-state index contributed by atoms with van der Waals surface area (Å²) in [5.41, 5.74) is 1.85. The summed E-state index contributed by atoms with van der Waals surface area (Å²) in [5, 5.41) is 6.29. The summed E-state index contributed by atoms with van der Waals surface area (Å²) in [6.07, 6.45) is 0.513. The third-order valence-electron chi connectivity index (χ3n) is 4.58. The van der Waals surface area contributed by atoms with Crippen LogP contribution in [0.3, 0.4) is 0 Å². The lowest BCUT2D eigenvalue weighted by molar-refractivity contribution is -0.130. The number of hydrogen-bond acceptors (Lipinski definition) is 3. The Bertz CT molecular complexity index is 694. The Morgan fingerprint density at radius 1 is 1.14 bits per heavy atom. The van der Waals surface area contributed by atoms with Gasteiger partial charge >= 0.3 is 0 Å². The van der Waals surface area contributed by atoms with E-state index in [-0.39, 0.29) is 11.8 Å². The van der Waals surface area contributed by atoms with E-state index in [0.717, 1.165) is 49.9 Å². The normalized spacial score (nSPS) is 15.0. The van der Waals surface area contributed by atoms with Gasteiger partial charge in [0.25, 0.3) is 0 Å². The third-order valence-corrected chi connectivity index (χ3v) is 4.58. The van der Waals surface area contributed by atoms with Crippen LogP contribution in [0.15, 0.2) is 29.3 Å². The Morgan fingerprint density at radius 2 is 1.82 bits per heavy atom. The second kappa shape index (κ2) is 10.7. The Labute approximate surface area is 168 Å². The van der Waals surface area contributed by atoms with Crippen molar-refractivity contribution in [3.8, 4) is 0 Å². The van der Waals surface area contributed by atoms with Gasteiger partial charge in [-0.05, 0) is 30.5 Å². The number of aliphatic imine (C=N–C) groups is 1. The highest BCUT2D eigenvalue weighted by Gasteiger charge is 2.20. The van der Waals surface area contributed by atoms with E-state index in [1.165, 1.54) is 0 Å². The molecule has 0 unspecified atom stereocenters. The van der Waals surface area contributed by atoms with Gasteiger partial charge in [-0.1, -0.05) is 26.0 Å². The van der Waals surface area contributed by atoms with Crippen LogP contribution in [-0.4, -0.2) is 60.3 Å². The highest BCUT2D eigenvalue weighted by Crippen LogP contribution is 2.13. The molecule has 2 N–H and O–H groups in total. The number of rotatable bonds is 6. The molecule has 0 bridgehead atoms. The van der Waals surface area contributed by atoms with Gasteiger partial charge in [0.05, 0.1) is 6.54 Å². The molecule has 154 valence electrons. The van der Waals surface area contributed by atoms with Crippen molar-refractivity contribution in [1.82, 2.24) is 15.1 Å². The van der Waals surface area contributed by atoms with Crippen LogP contribution in [0, 0.1) is 5.92 Å². The molecule has 0 atom stereocenters. The number of hydrogen-bond donors (Lipinski definition) is 2. The van der Waals surface area contributed by atoms with Crippen molar-refractivity contribution >= 4 is 23.5 Å². The first-order valence-electron chi connectivity index (χ1n) is 10.1. The van der Waals surface area contributed by atoms with Crippen LogP contribution < -0.4 is 10.6 Å². The molecular weight excluding hydrogens is 354 g/mol. The lowest BCUT2D eigenvalue weighted by atomic mass is 10.1. The molecule has 0 spiro atoms. The second-order valence-electron chi connectivity index (χ2n) is 7.51. The first-order valence-corrected chi connectivity index (χ1v) is 10.1. The van der Waals surface area contributed by atoms with Crippen molar-refractivity contribution in [2.45, 2.75) is 40.7 Å². The van der Waals surface area contributed by atoms with Crippen LogP contribution >= 0.6 is 0 Å². The van der Waals surface area contributed by atoms with Crippen molar-refractivity contribution in [2.24, 2.45) is 10.9 Å². The van der Waals surface area contributed by atoms with Crippen molar-refractivity contribution in [2.75, 3.05) is 38.0 Å². The lowest BCUT2D eigenvalue weighted by Crippen LogP contribution is -2.53. The van der Waals surface area contributed by atoms with E-state index in [1.807, 2.05) is 49.9 Å². The predicted molar refractivity (Wildman–Crippen MR) is 113 cm³/mol. The average molecular weight is 388 g/mol. The molecule has 2 amide bonds. The molecule has 2 rings (SSSR count). The maximum absolute atomic E-state index is 12.0. The van der Waals surface area contributed by atoms with Gasteiger partial charge in [0.1, 0.15) is 0 Å². The van der Waals surface area contributed by atoms with E-state index in [4.69, 9.17) is 4.99 Å². The molecule has 7 heteroatoms. The van der Waals surface area contributed by atoms with E-state index in [2.05, 4.69) is 15.5 Å². The van der Waals surface area contributed by atoms with Gasteiger partial charge in [0.15, 0.2) is 5.96 Å². The fraction of sp³-hybridized carbons (Fsp3) is 0.571. The quantitative estimate of drug-likeness (QED) is 0.580. The minimum Gasteiger partial charge on any atom is -0.357 e. The van der Waals surface area contributed by atoms with Crippen molar-refractivity contribution in [3.05, 3.63) is 29.8 Å². The van der Waals surface area contributed by atoms with Crippen molar-refractivity contribution in [1.29, 1.82) is 0 Å². The molecule has 1 saturated heterocycles. The molecule has 1 heterocycles. The maximum atomic E-state index is 12.0. The van der Waals surface area contributed by atoms with E-state index in [1.54, 1.807) is 6.92 Å². The van der Waals surface area contributed by atoms with E-state index >= 15 is 0 Å². The number of benzene rings is 1. The Morgan fingerprint density at radius 3 is 2.43 bits per heavy atom. The van der Waals surface area contributed by atoms with E-state index < -0.39 is 0 Å². The molecule has 1 fully saturated rings. The summed E-state index contributed by atoms with van der Waals surface area (Å²) in [6, 6.07) is 7.82. The SMILES string of the molecule is CCNC(=NCc1cccc(NC(=O)CC(C)C)c1)N1CCN(C(C)=O)CC1. The van der Waals surface area contributed by atoms with Crippen LogP contribution in [0.4, 0.5) is 5.69 Å². The largest absolute Gasteiger partial charge is 0.357 e. The maximum Gasteiger partial charge on any atom is 0.224 e. The summed E-state index contributed by atoms with van der Waals surface area (Å²) < 4.78 is 0. The number of anilines is 1. The smallest absolute Gasteiger partial charge is 0.224 e. The van der Waals surface area contributed by atoms with Gasteiger partial charge in [0, 0.05) is 51.8 Å². The number of carbonyl (C=O) groups excluding carboxylic acids is 2. The highest BCUT2D eigenvalue weighted by molar-refractivity contribution is 5.90. The highest BCUT2D eigenvalue weighted by atomic mass is 16.2. The fourth-order valence-electron chi connectivity index (χ4n) is 3.16. The first kappa shape index (κ1) is 21.7. The van der Waals surface area contributed by atoms with E-state index in [0.29, 0.717) is 18.9 Å². The Hall–Kier alpha value is -2.57. The van der Waals surface area contributed by atoms with Crippen molar-refractivity contribution in [3.63, 3.8) is 0 Å². The minimum absolute atomic E-state index is 0.0346. The van der Waals surface area contributed by atoms with Gasteiger partial charge < -0.3 is 20.4 Å². The van der Waals surface area contributed by atoms with E-state index in [9.17, 15) is 9.59 Å². The predicted octanol–water partition coefficient (Wildman–Crippen LogP) is 2.30. The number of amides is 2.